The lowest BCUT2D eigenvalue weighted by Gasteiger charge is -2.07. The zero-order valence-corrected chi connectivity index (χ0v) is 11.4. The first kappa shape index (κ1) is 13.6. The van der Waals surface area contributed by atoms with Crippen LogP contribution in [0.15, 0.2) is 36.4 Å². The van der Waals surface area contributed by atoms with Gasteiger partial charge in [0.1, 0.15) is 21.5 Å². The Hall–Kier alpha value is -1.78. The molecule has 2 rings (SSSR count). The van der Waals surface area contributed by atoms with Gasteiger partial charge in [-0.1, -0.05) is 40.9 Å². The Bertz CT molecular complexity index is 603. The molecule has 0 aliphatic heterocycles. The Morgan fingerprint density at radius 3 is 2.05 bits per heavy atom. The van der Waals surface area contributed by atoms with Gasteiger partial charge in [0.15, 0.2) is 0 Å². The molecule has 2 aromatic carbocycles. The molecule has 0 amide bonds. The van der Waals surface area contributed by atoms with E-state index in [-0.39, 0.29) is 15.7 Å². The molecule has 0 atom stereocenters. The van der Waals surface area contributed by atoms with E-state index in [4.69, 9.17) is 27.9 Å². The number of nitrogens with zero attached hydrogens (tertiary/aromatic N) is 1. The lowest BCUT2D eigenvalue weighted by Crippen LogP contribution is -1.92. The van der Waals surface area contributed by atoms with E-state index in [1.54, 1.807) is 12.1 Å². The van der Waals surface area contributed by atoms with E-state index in [1.165, 1.54) is 12.1 Å². The third kappa shape index (κ3) is 3.16. The summed E-state index contributed by atoms with van der Waals surface area (Å²) >= 11 is 11.6. The van der Waals surface area contributed by atoms with E-state index in [2.05, 4.69) is 0 Å². The normalized spacial score (nSPS) is 10.3. The van der Waals surface area contributed by atoms with Crippen molar-refractivity contribution in [3.05, 3.63) is 62.1 Å². The molecule has 0 aliphatic carbocycles. The predicted octanol–water partition coefficient (Wildman–Crippen LogP) is 5.00. The maximum atomic E-state index is 10.7. The van der Waals surface area contributed by atoms with E-state index in [0.717, 1.165) is 5.56 Å². The summed E-state index contributed by atoms with van der Waals surface area (Å²) in [4.78, 5) is 10.1. The van der Waals surface area contributed by atoms with Gasteiger partial charge in [0, 0.05) is 12.1 Å². The Kier molecular flexibility index (Phi) is 3.93. The van der Waals surface area contributed by atoms with Crippen LogP contribution in [-0.4, -0.2) is 4.92 Å². The highest BCUT2D eigenvalue weighted by molar-refractivity contribution is 6.38. The molecule has 2 aromatic rings. The number of nitro benzene ring substituents is 1. The number of benzene rings is 2. The minimum Gasteiger partial charge on any atom is -0.457 e. The summed E-state index contributed by atoms with van der Waals surface area (Å²) < 4.78 is 5.54. The summed E-state index contributed by atoms with van der Waals surface area (Å²) in [5.74, 6) is 0.955. The minimum absolute atomic E-state index is 0.0559. The first-order valence-corrected chi connectivity index (χ1v) is 6.11. The summed E-state index contributed by atoms with van der Waals surface area (Å²) in [5, 5.41) is 10.6. The number of hydrogen-bond acceptors (Lipinski definition) is 3. The van der Waals surface area contributed by atoms with Gasteiger partial charge in [-0.15, -0.1) is 0 Å². The molecule has 0 aliphatic rings. The molecule has 6 heteroatoms. The Morgan fingerprint density at radius 1 is 1.05 bits per heavy atom. The van der Waals surface area contributed by atoms with Crippen LogP contribution in [-0.2, 0) is 0 Å². The maximum absolute atomic E-state index is 10.7. The molecule has 0 spiro atoms. The average molecular weight is 298 g/mol. The van der Waals surface area contributed by atoms with Gasteiger partial charge in [0.25, 0.3) is 0 Å². The molecule has 0 N–H and O–H groups in total. The van der Waals surface area contributed by atoms with Gasteiger partial charge in [-0.05, 0) is 19.1 Å². The average Bonchev–Trinajstić information content (AvgIpc) is 2.30. The monoisotopic (exact) mass is 297 g/mol. The van der Waals surface area contributed by atoms with E-state index < -0.39 is 4.92 Å². The highest BCUT2D eigenvalue weighted by atomic mass is 35.5. The molecule has 19 heavy (non-hydrogen) atoms. The van der Waals surface area contributed by atoms with E-state index >= 15 is 0 Å². The molecule has 98 valence electrons. The van der Waals surface area contributed by atoms with Crippen LogP contribution in [0, 0.1) is 17.0 Å². The van der Waals surface area contributed by atoms with Crippen LogP contribution in [0.4, 0.5) is 5.69 Å². The number of halogens is 2. The van der Waals surface area contributed by atoms with Gasteiger partial charge in [0.2, 0.25) is 0 Å². The first-order valence-electron chi connectivity index (χ1n) is 5.35. The molecule has 4 nitrogen and oxygen atoms in total. The maximum Gasteiger partial charge on any atom is 0.306 e. The fourth-order valence-corrected chi connectivity index (χ4v) is 2.12. The largest absolute Gasteiger partial charge is 0.457 e. The summed E-state index contributed by atoms with van der Waals surface area (Å²) in [6.45, 7) is 1.96. The Labute approximate surface area is 119 Å². The number of aryl methyl sites for hydroxylation is 1. The first-order chi connectivity index (χ1) is 8.97. The quantitative estimate of drug-likeness (QED) is 0.591. The molecule has 0 aromatic heterocycles. The highest BCUT2D eigenvalue weighted by Gasteiger charge is 2.19. The SMILES string of the molecule is Cc1ccc(Oc2cc(Cl)c([N+](=O)[O-])c(Cl)c2)cc1. The van der Waals surface area contributed by atoms with Crippen LogP contribution >= 0.6 is 23.2 Å². The summed E-state index contributed by atoms with van der Waals surface area (Å²) in [7, 11) is 0. The van der Waals surface area contributed by atoms with Crippen LogP contribution in [0.2, 0.25) is 10.0 Å². The van der Waals surface area contributed by atoms with Gasteiger partial charge in [-0.25, -0.2) is 0 Å². The number of nitro groups is 1. The van der Waals surface area contributed by atoms with Gasteiger partial charge in [-0.3, -0.25) is 10.1 Å². The van der Waals surface area contributed by atoms with Crippen LogP contribution in [0.1, 0.15) is 5.56 Å². The van der Waals surface area contributed by atoms with E-state index in [1.807, 2.05) is 19.1 Å². The standard InChI is InChI=1S/C13H9Cl2NO3/c1-8-2-4-9(5-3-8)19-10-6-11(14)13(16(17)18)12(15)7-10/h2-7H,1H3. The van der Waals surface area contributed by atoms with Crippen LogP contribution in [0.3, 0.4) is 0 Å². The van der Waals surface area contributed by atoms with Gasteiger partial charge in [0.05, 0.1) is 4.92 Å². The Balaban J connectivity index is 2.32. The van der Waals surface area contributed by atoms with Crippen molar-refractivity contribution in [2.75, 3.05) is 0 Å². The number of rotatable bonds is 3. The Morgan fingerprint density at radius 2 is 1.58 bits per heavy atom. The second-order valence-corrected chi connectivity index (χ2v) is 4.72. The molecular weight excluding hydrogens is 289 g/mol. The third-order valence-electron chi connectivity index (χ3n) is 2.43. The zero-order chi connectivity index (χ0) is 14.0. The second kappa shape index (κ2) is 5.47. The molecule has 0 heterocycles. The van der Waals surface area contributed by atoms with Crippen molar-refractivity contribution in [3.63, 3.8) is 0 Å². The minimum atomic E-state index is -0.625. The fourth-order valence-electron chi connectivity index (χ4n) is 1.52. The van der Waals surface area contributed by atoms with Crippen molar-refractivity contribution in [1.82, 2.24) is 0 Å². The third-order valence-corrected chi connectivity index (χ3v) is 3.01. The second-order valence-electron chi connectivity index (χ2n) is 3.91. The van der Waals surface area contributed by atoms with E-state index in [0.29, 0.717) is 11.5 Å². The zero-order valence-electron chi connectivity index (χ0n) is 9.89. The van der Waals surface area contributed by atoms with E-state index in [9.17, 15) is 10.1 Å². The van der Waals surface area contributed by atoms with Gasteiger partial charge in [-0.2, -0.15) is 0 Å². The number of ether oxygens (including phenoxy) is 1. The molecule has 0 radical (unpaired) electrons. The molecular formula is C13H9Cl2NO3. The van der Waals surface area contributed by atoms with Gasteiger partial charge < -0.3 is 4.74 Å². The predicted molar refractivity (Wildman–Crippen MR) is 74.4 cm³/mol. The summed E-state index contributed by atoms with van der Waals surface area (Å²) in [5.41, 5.74) is 0.784. The van der Waals surface area contributed by atoms with Crippen LogP contribution in [0.25, 0.3) is 0 Å². The fraction of sp³-hybridized carbons (Fsp3) is 0.0769. The van der Waals surface area contributed by atoms with Crippen LogP contribution < -0.4 is 4.74 Å². The van der Waals surface area contributed by atoms with Crippen molar-refractivity contribution in [2.24, 2.45) is 0 Å². The molecule has 0 saturated heterocycles. The van der Waals surface area contributed by atoms with Crippen molar-refractivity contribution in [1.29, 1.82) is 0 Å². The lowest BCUT2D eigenvalue weighted by atomic mass is 10.2. The van der Waals surface area contributed by atoms with Crippen molar-refractivity contribution >= 4 is 28.9 Å². The topological polar surface area (TPSA) is 52.4 Å². The van der Waals surface area contributed by atoms with Crippen LogP contribution in [0.5, 0.6) is 11.5 Å². The smallest absolute Gasteiger partial charge is 0.306 e. The van der Waals surface area contributed by atoms with Crippen molar-refractivity contribution in [3.8, 4) is 11.5 Å². The summed E-state index contributed by atoms with van der Waals surface area (Å²) in [6, 6.07) is 10.1. The lowest BCUT2D eigenvalue weighted by molar-refractivity contribution is -0.384. The molecule has 0 saturated carbocycles. The molecule has 0 bridgehead atoms. The molecule has 0 unspecified atom stereocenters. The number of hydrogen-bond donors (Lipinski definition) is 0. The molecule has 0 fully saturated rings. The highest BCUT2D eigenvalue weighted by Crippen LogP contribution is 2.37. The van der Waals surface area contributed by atoms with Crippen molar-refractivity contribution < 1.29 is 9.66 Å². The van der Waals surface area contributed by atoms with Crippen molar-refractivity contribution in [2.45, 2.75) is 6.92 Å². The van der Waals surface area contributed by atoms with Gasteiger partial charge >= 0.3 is 5.69 Å². The summed E-state index contributed by atoms with van der Waals surface area (Å²) in [6.07, 6.45) is 0.